The molecular formula is C15H13F2N3O3S. The molecular weight excluding hydrogens is 340 g/mol. The number of hydrogen-bond donors (Lipinski definition) is 2. The van der Waals surface area contributed by atoms with Crippen LogP contribution in [0.15, 0.2) is 36.1 Å². The number of aliphatic hydroxyl groups is 2. The van der Waals surface area contributed by atoms with Gasteiger partial charge in [-0.05, 0) is 17.5 Å². The van der Waals surface area contributed by atoms with E-state index in [-0.39, 0.29) is 5.65 Å². The molecule has 9 heteroatoms. The molecule has 4 rings (SSSR count). The summed E-state index contributed by atoms with van der Waals surface area (Å²) in [7, 11) is 0. The molecule has 0 unspecified atom stereocenters. The smallest absolute Gasteiger partial charge is 0.320 e. The maximum absolute atomic E-state index is 14.4. The van der Waals surface area contributed by atoms with Crippen molar-refractivity contribution in [3.05, 3.63) is 36.1 Å². The van der Waals surface area contributed by atoms with E-state index in [1.165, 1.54) is 28.4 Å². The number of ether oxygens (including phenoxy) is 1. The third kappa shape index (κ3) is 2.16. The maximum Gasteiger partial charge on any atom is 0.320 e. The zero-order chi connectivity index (χ0) is 16.9. The average molecular weight is 353 g/mol. The van der Waals surface area contributed by atoms with Crippen LogP contribution in [-0.2, 0) is 4.74 Å². The highest BCUT2D eigenvalue weighted by Crippen LogP contribution is 2.44. The fourth-order valence-corrected chi connectivity index (χ4v) is 3.62. The Balaban J connectivity index is 1.83. The van der Waals surface area contributed by atoms with Crippen LogP contribution in [0.1, 0.15) is 6.23 Å². The molecule has 24 heavy (non-hydrogen) atoms. The van der Waals surface area contributed by atoms with E-state index in [2.05, 4.69) is 9.97 Å². The Labute approximate surface area is 139 Å². The number of aromatic nitrogens is 3. The first-order chi connectivity index (χ1) is 11.5. The second kappa shape index (κ2) is 5.55. The van der Waals surface area contributed by atoms with Gasteiger partial charge in [-0.1, -0.05) is 6.07 Å². The number of fused-ring (bicyclic) bond motifs is 1. The molecule has 3 aromatic heterocycles. The highest BCUT2D eigenvalue weighted by Gasteiger charge is 2.59. The van der Waals surface area contributed by atoms with Crippen LogP contribution in [0, 0.1) is 0 Å². The van der Waals surface area contributed by atoms with E-state index in [0.717, 1.165) is 4.88 Å². The summed E-state index contributed by atoms with van der Waals surface area (Å²) >= 11 is 1.48. The first-order valence-corrected chi connectivity index (χ1v) is 8.09. The van der Waals surface area contributed by atoms with Crippen molar-refractivity contribution in [2.45, 2.75) is 24.4 Å². The van der Waals surface area contributed by atoms with Crippen LogP contribution < -0.4 is 0 Å². The topological polar surface area (TPSA) is 80.4 Å². The normalized spacial score (nSPS) is 26.2. The summed E-state index contributed by atoms with van der Waals surface area (Å²) in [5, 5.41) is 21.3. The molecule has 0 spiro atoms. The van der Waals surface area contributed by atoms with Gasteiger partial charge in [0.05, 0.1) is 17.2 Å². The Hall–Kier alpha value is -1.94. The maximum atomic E-state index is 14.4. The molecule has 2 N–H and O–H groups in total. The minimum atomic E-state index is -3.55. The van der Waals surface area contributed by atoms with Crippen LogP contribution in [0.4, 0.5) is 8.78 Å². The van der Waals surface area contributed by atoms with Crippen molar-refractivity contribution < 1.29 is 23.7 Å². The van der Waals surface area contributed by atoms with Crippen LogP contribution in [-0.4, -0.2) is 49.5 Å². The van der Waals surface area contributed by atoms with Crippen LogP contribution in [0.2, 0.25) is 0 Å². The van der Waals surface area contributed by atoms with Gasteiger partial charge in [0.15, 0.2) is 6.10 Å². The van der Waals surface area contributed by atoms with E-state index in [4.69, 9.17) is 9.84 Å². The lowest BCUT2D eigenvalue weighted by atomic mass is 10.1. The molecule has 3 aromatic rings. The van der Waals surface area contributed by atoms with Crippen molar-refractivity contribution in [3.8, 4) is 10.6 Å². The SMILES string of the molecule is OC[C@H]1O[C@@H](n2ccc3c(-c4cccs4)ncnc32)C(F)(F)[C@@H]1O. The summed E-state index contributed by atoms with van der Waals surface area (Å²) in [6.45, 7) is -0.693. The van der Waals surface area contributed by atoms with Crippen molar-refractivity contribution in [1.82, 2.24) is 14.5 Å². The molecule has 0 bridgehead atoms. The Morgan fingerprint density at radius 3 is 2.83 bits per heavy atom. The lowest BCUT2D eigenvalue weighted by Gasteiger charge is -2.21. The predicted molar refractivity (Wildman–Crippen MR) is 82.8 cm³/mol. The Morgan fingerprint density at radius 2 is 2.17 bits per heavy atom. The minimum absolute atomic E-state index is 0.281. The van der Waals surface area contributed by atoms with Gasteiger partial charge >= 0.3 is 5.92 Å². The van der Waals surface area contributed by atoms with E-state index >= 15 is 0 Å². The van der Waals surface area contributed by atoms with Crippen molar-refractivity contribution in [2.24, 2.45) is 0 Å². The summed E-state index contributed by atoms with van der Waals surface area (Å²) in [6, 6.07) is 5.40. The van der Waals surface area contributed by atoms with E-state index in [0.29, 0.717) is 11.1 Å². The average Bonchev–Trinajstić information content (AvgIpc) is 3.28. The number of thiophene rings is 1. The Morgan fingerprint density at radius 1 is 1.33 bits per heavy atom. The van der Waals surface area contributed by atoms with Gasteiger partial charge in [0, 0.05) is 11.6 Å². The number of rotatable bonds is 3. The van der Waals surface area contributed by atoms with Gasteiger partial charge in [-0.3, -0.25) is 0 Å². The molecule has 0 amide bonds. The van der Waals surface area contributed by atoms with Crippen molar-refractivity contribution in [3.63, 3.8) is 0 Å². The molecule has 4 heterocycles. The first-order valence-electron chi connectivity index (χ1n) is 7.21. The molecule has 126 valence electrons. The van der Waals surface area contributed by atoms with E-state index < -0.39 is 31.0 Å². The van der Waals surface area contributed by atoms with E-state index in [1.807, 2.05) is 17.5 Å². The second-order valence-corrected chi connectivity index (χ2v) is 6.44. The molecule has 0 saturated carbocycles. The molecule has 0 radical (unpaired) electrons. The Bertz CT molecular complexity index is 868. The van der Waals surface area contributed by atoms with Crippen LogP contribution in [0.5, 0.6) is 0 Å². The van der Waals surface area contributed by atoms with E-state index in [1.54, 1.807) is 6.07 Å². The molecule has 1 fully saturated rings. The van der Waals surface area contributed by atoms with Crippen LogP contribution >= 0.6 is 11.3 Å². The second-order valence-electron chi connectivity index (χ2n) is 5.49. The van der Waals surface area contributed by atoms with Gasteiger partial charge in [0.2, 0.25) is 6.23 Å². The van der Waals surface area contributed by atoms with Crippen LogP contribution in [0.25, 0.3) is 21.6 Å². The first kappa shape index (κ1) is 15.6. The van der Waals surface area contributed by atoms with Gasteiger partial charge in [-0.15, -0.1) is 11.3 Å². The predicted octanol–water partition coefficient (Wildman–Crippen LogP) is 2.05. The molecule has 1 aliphatic rings. The highest BCUT2D eigenvalue weighted by molar-refractivity contribution is 7.13. The van der Waals surface area contributed by atoms with Gasteiger partial charge in [0.25, 0.3) is 0 Å². The lowest BCUT2D eigenvalue weighted by molar-refractivity contribution is -0.138. The fourth-order valence-electron chi connectivity index (χ4n) is 2.89. The number of alkyl halides is 2. The number of hydrogen-bond acceptors (Lipinski definition) is 6. The van der Waals surface area contributed by atoms with Gasteiger partial charge in [-0.25, -0.2) is 9.97 Å². The molecule has 1 saturated heterocycles. The largest absolute Gasteiger partial charge is 0.394 e. The molecule has 6 nitrogen and oxygen atoms in total. The number of nitrogens with zero attached hydrogens (tertiary/aromatic N) is 3. The van der Waals surface area contributed by atoms with Gasteiger partial charge in [-0.2, -0.15) is 8.78 Å². The summed E-state index contributed by atoms with van der Waals surface area (Å²) in [6.07, 6.45) is -2.43. The molecule has 0 aliphatic carbocycles. The summed E-state index contributed by atoms with van der Waals surface area (Å²) in [4.78, 5) is 9.23. The van der Waals surface area contributed by atoms with Crippen molar-refractivity contribution in [2.75, 3.05) is 6.61 Å². The zero-order valence-corrected chi connectivity index (χ0v) is 13.0. The third-order valence-electron chi connectivity index (χ3n) is 4.08. The Kier molecular flexibility index (Phi) is 3.61. The molecule has 3 atom stereocenters. The summed E-state index contributed by atoms with van der Waals surface area (Å²) < 4.78 is 35.1. The monoisotopic (exact) mass is 353 g/mol. The van der Waals surface area contributed by atoms with Gasteiger partial charge < -0.3 is 19.5 Å². The van der Waals surface area contributed by atoms with Crippen molar-refractivity contribution in [1.29, 1.82) is 0 Å². The standard InChI is InChI=1S/C15H13F2N3O3S/c16-15(17)12(22)9(6-21)23-14(15)20-4-3-8-11(10-2-1-5-24-10)18-7-19-13(8)20/h1-5,7,9,12,14,21-22H,6H2/t9-,12-,14-/m1/s1. The molecule has 0 aromatic carbocycles. The van der Waals surface area contributed by atoms with Crippen molar-refractivity contribution >= 4 is 22.4 Å². The lowest BCUT2D eigenvalue weighted by Crippen LogP contribution is -2.39. The molecule has 1 aliphatic heterocycles. The highest BCUT2D eigenvalue weighted by atomic mass is 32.1. The van der Waals surface area contributed by atoms with Gasteiger partial charge in [0.1, 0.15) is 18.1 Å². The van der Waals surface area contributed by atoms with E-state index in [9.17, 15) is 13.9 Å². The summed E-state index contributed by atoms with van der Waals surface area (Å²) in [5.41, 5.74) is 0.929. The summed E-state index contributed by atoms with van der Waals surface area (Å²) in [5.74, 6) is -3.55. The fraction of sp³-hybridized carbons (Fsp3) is 0.333. The number of aliphatic hydroxyl groups excluding tert-OH is 2. The number of halogens is 2. The van der Waals surface area contributed by atoms with Crippen LogP contribution in [0.3, 0.4) is 0 Å². The minimum Gasteiger partial charge on any atom is -0.394 e. The zero-order valence-electron chi connectivity index (χ0n) is 12.2. The third-order valence-corrected chi connectivity index (χ3v) is 4.95. The quantitative estimate of drug-likeness (QED) is 0.753.